The number of anilines is 2. The largest absolute Gasteiger partial charge is 0.336 e. The van der Waals surface area contributed by atoms with Gasteiger partial charge in [-0.25, -0.2) is 13.9 Å². The van der Waals surface area contributed by atoms with Crippen molar-refractivity contribution in [3.05, 3.63) is 66.5 Å². The molecule has 4 heterocycles. The molecule has 0 amide bonds. The predicted octanol–water partition coefficient (Wildman–Crippen LogP) is 2.53. The van der Waals surface area contributed by atoms with Crippen LogP contribution in [0.2, 0.25) is 0 Å². The smallest absolute Gasteiger partial charge is 0.200 e. The Balaban J connectivity index is 1.90. The van der Waals surface area contributed by atoms with Crippen molar-refractivity contribution in [3.8, 4) is 11.5 Å². The van der Waals surface area contributed by atoms with Gasteiger partial charge in [-0.3, -0.25) is 9.97 Å². The molecule has 0 saturated heterocycles. The average Bonchev–Trinajstić information content (AvgIpc) is 3.08. The first-order valence-corrected chi connectivity index (χ1v) is 7.62. The van der Waals surface area contributed by atoms with Gasteiger partial charge in [0.25, 0.3) is 0 Å². The second kappa shape index (κ2) is 6.25. The Hall–Kier alpha value is -3.39. The number of hydrogen-bond donors (Lipinski definition) is 2. The lowest BCUT2D eigenvalue weighted by Crippen LogP contribution is -2.07. The van der Waals surface area contributed by atoms with E-state index in [1.165, 1.54) is 6.20 Å². The third-order valence-corrected chi connectivity index (χ3v) is 3.73. The number of nitrogens with one attached hydrogen (secondary N) is 1. The molecule has 0 aromatic carbocycles. The van der Waals surface area contributed by atoms with Gasteiger partial charge >= 0.3 is 0 Å². The van der Waals surface area contributed by atoms with Crippen LogP contribution in [0.3, 0.4) is 0 Å². The minimum absolute atomic E-state index is 0.270. The van der Waals surface area contributed by atoms with Crippen LogP contribution in [0.15, 0.2) is 55.1 Å². The Morgan fingerprint density at radius 3 is 2.84 bits per heavy atom. The van der Waals surface area contributed by atoms with Gasteiger partial charge in [0, 0.05) is 25.1 Å². The zero-order valence-electron chi connectivity index (χ0n) is 13.1. The number of halogens is 1. The Morgan fingerprint density at radius 1 is 1.16 bits per heavy atom. The van der Waals surface area contributed by atoms with E-state index < -0.39 is 5.82 Å². The summed E-state index contributed by atoms with van der Waals surface area (Å²) in [4.78, 5) is 12.6. The zero-order chi connectivity index (χ0) is 17.2. The normalized spacial score (nSPS) is 11.0. The highest BCUT2D eigenvalue weighted by Crippen LogP contribution is 2.26. The van der Waals surface area contributed by atoms with E-state index in [4.69, 9.17) is 5.73 Å². The van der Waals surface area contributed by atoms with Crippen molar-refractivity contribution in [2.24, 2.45) is 5.73 Å². The maximum atomic E-state index is 14.0. The summed E-state index contributed by atoms with van der Waals surface area (Å²) in [5, 5.41) is 7.50. The van der Waals surface area contributed by atoms with Crippen LogP contribution in [0, 0.1) is 5.82 Å². The van der Waals surface area contributed by atoms with Crippen LogP contribution < -0.4 is 11.1 Å². The molecule has 0 saturated carbocycles. The summed E-state index contributed by atoms with van der Waals surface area (Å²) >= 11 is 0. The maximum absolute atomic E-state index is 14.0. The zero-order valence-corrected chi connectivity index (χ0v) is 13.1. The molecule has 0 fully saturated rings. The molecule has 4 aromatic rings. The number of rotatable bonds is 4. The molecule has 4 rings (SSSR count). The molecule has 4 aromatic heterocycles. The standard InChI is InChI=1S/C17H14FN7/c18-12-10-20-7-4-13(12)22-17-15-11(9-19)5-8-25(15)24-16(23-17)14-3-1-2-6-21-14/h1-8,10H,9,19H2,(H,20,22,23,24). The highest BCUT2D eigenvalue weighted by Gasteiger charge is 2.15. The van der Waals surface area contributed by atoms with Crippen molar-refractivity contribution in [2.75, 3.05) is 5.32 Å². The molecule has 0 aliphatic carbocycles. The molecule has 0 atom stereocenters. The lowest BCUT2D eigenvalue weighted by molar-refractivity contribution is 0.625. The van der Waals surface area contributed by atoms with E-state index in [0.717, 1.165) is 11.8 Å². The van der Waals surface area contributed by atoms with Crippen LogP contribution in [-0.4, -0.2) is 24.6 Å². The molecule has 0 aliphatic heterocycles. The Morgan fingerprint density at radius 2 is 2.08 bits per heavy atom. The molecule has 25 heavy (non-hydrogen) atoms. The third-order valence-electron chi connectivity index (χ3n) is 3.73. The van der Waals surface area contributed by atoms with Gasteiger partial charge in [0.2, 0.25) is 5.82 Å². The lowest BCUT2D eigenvalue weighted by Gasteiger charge is -2.11. The lowest BCUT2D eigenvalue weighted by atomic mass is 10.2. The SMILES string of the molecule is NCc1ccn2nc(-c3ccccn3)nc(Nc3ccncc3F)c12. The Bertz CT molecular complexity index is 1030. The molecular weight excluding hydrogens is 321 g/mol. The van der Waals surface area contributed by atoms with Gasteiger partial charge in [-0.05, 0) is 29.8 Å². The molecular formula is C17H14FN7. The van der Waals surface area contributed by atoms with Gasteiger partial charge in [-0.1, -0.05) is 6.07 Å². The van der Waals surface area contributed by atoms with Crippen LogP contribution in [0.25, 0.3) is 17.0 Å². The van der Waals surface area contributed by atoms with Gasteiger partial charge in [-0.2, -0.15) is 0 Å². The molecule has 0 aliphatic rings. The first-order valence-electron chi connectivity index (χ1n) is 7.62. The molecule has 0 spiro atoms. The summed E-state index contributed by atoms with van der Waals surface area (Å²) < 4.78 is 15.7. The van der Waals surface area contributed by atoms with Crippen molar-refractivity contribution in [3.63, 3.8) is 0 Å². The number of aromatic nitrogens is 5. The highest BCUT2D eigenvalue weighted by molar-refractivity contribution is 5.78. The first kappa shape index (κ1) is 15.2. The Labute approximate surface area is 142 Å². The molecule has 3 N–H and O–H groups in total. The fourth-order valence-corrected chi connectivity index (χ4v) is 2.55. The predicted molar refractivity (Wildman–Crippen MR) is 91.6 cm³/mol. The second-order valence-corrected chi connectivity index (χ2v) is 5.32. The average molecular weight is 335 g/mol. The summed E-state index contributed by atoms with van der Waals surface area (Å²) in [6.45, 7) is 0.316. The summed E-state index contributed by atoms with van der Waals surface area (Å²) in [5.74, 6) is 0.398. The highest BCUT2D eigenvalue weighted by atomic mass is 19.1. The van der Waals surface area contributed by atoms with Crippen LogP contribution in [-0.2, 0) is 6.54 Å². The van der Waals surface area contributed by atoms with E-state index in [2.05, 4.69) is 25.4 Å². The summed E-state index contributed by atoms with van der Waals surface area (Å²) in [5.41, 5.74) is 8.24. The topological polar surface area (TPSA) is 94.0 Å². The van der Waals surface area contributed by atoms with Crippen molar-refractivity contribution in [1.82, 2.24) is 24.6 Å². The summed E-state index contributed by atoms with van der Waals surface area (Å²) in [6, 6.07) is 8.88. The van der Waals surface area contributed by atoms with E-state index in [1.807, 2.05) is 24.3 Å². The van der Waals surface area contributed by atoms with E-state index in [9.17, 15) is 4.39 Å². The fraction of sp³-hybridized carbons (Fsp3) is 0.0588. The third kappa shape index (κ3) is 2.79. The monoisotopic (exact) mass is 335 g/mol. The molecule has 7 nitrogen and oxygen atoms in total. The molecule has 8 heteroatoms. The van der Waals surface area contributed by atoms with Crippen LogP contribution >= 0.6 is 0 Å². The molecule has 124 valence electrons. The minimum atomic E-state index is -0.473. The maximum Gasteiger partial charge on any atom is 0.200 e. The van der Waals surface area contributed by atoms with Crippen molar-refractivity contribution in [2.45, 2.75) is 6.54 Å². The van der Waals surface area contributed by atoms with Crippen molar-refractivity contribution >= 4 is 17.0 Å². The fourth-order valence-electron chi connectivity index (χ4n) is 2.55. The van der Waals surface area contributed by atoms with Gasteiger partial charge in [0.15, 0.2) is 11.6 Å². The number of nitrogens with zero attached hydrogens (tertiary/aromatic N) is 5. The second-order valence-electron chi connectivity index (χ2n) is 5.32. The number of pyridine rings is 2. The van der Waals surface area contributed by atoms with Gasteiger partial charge in [0.1, 0.15) is 11.2 Å². The van der Waals surface area contributed by atoms with E-state index in [-0.39, 0.29) is 5.69 Å². The van der Waals surface area contributed by atoms with Gasteiger partial charge < -0.3 is 11.1 Å². The van der Waals surface area contributed by atoms with Crippen LogP contribution in [0.1, 0.15) is 5.56 Å². The van der Waals surface area contributed by atoms with Gasteiger partial charge in [0.05, 0.1) is 11.9 Å². The van der Waals surface area contributed by atoms with Crippen molar-refractivity contribution in [1.29, 1.82) is 0 Å². The molecule has 0 bridgehead atoms. The number of hydrogen-bond acceptors (Lipinski definition) is 6. The quantitative estimate of drug-likeness (QED) is 0.595. The molecule has 0 radical (unpaired) electrons. The summed E-state index contributed by atoms with van der Waals surface area (Å²) in [6.07, 6.45) is 6.10. The summed E-state index contributed by atoms with van der Waals surface area (Å²) in [7, 11) is 0. The van der Waals surface area contributed by atoms with Crippen LogP contribution in [0.5, 0.6) is 0 Å². The number of fused-ring (bicyclic) bond motifs is 1. The van der Waals surface area contributed by atoms with Crippen molar-refractivity contribution < 1.29 is 4.39 Å². The first-order chi connectivity index (χ1) is 12.3. The van der Waals surface area contributed by atoms with Gasteiger partial charge in [-0.15, -0.1) is 5.10 Å². The number of nitrogens with two attached hydrogens (primary N) is 1. The molecule has 0 unspecified atom stereocenters. The van der Waals surface area contributed by atoms with Crippen LogP contribution in [0.4, 0.5) is 15.9 Å². The van der Waals surface area contributed by atoms with E-state index in [0.29, 0.717) is 29.4 Å². The minimum Gasteiger partial charge on any atom is -0.336 e. The Kier molecular flexibility index (Phi) is 3.79. The van der Waals surface area contributed by atoms with E-state index in [1.54, 1.807) is 23.0 Å². The van der Waals surface area contributed by atoms with E-state index >= 15 is 0 Å².